The zero-order valence-corrected chi connectivity index (χ0v) is 18.1. The van der Waals surface area contributed by atoms with Crippen LogP contribution in [0, 0.1) is 5.41 Å². The molecule has 2 saturated heterocycles. The lowest BCUT2D eigenvalue weighted by Crippen LogP contribution is -2.52. The summed E-state index contributed by atoms with van der Waals surface area (Å²) in [7, 11) is 0. The van der Waals surface area contributed by atoms with Crippen molar-refractivity contribution in [2.24, 2.45) is 5.41 Å². The number of hydrogen-bond acceptors (Lipinski definition) is 5. The number of amides is 3. The number of carbonyl (C=O) groups is 3. The van der Waals surface area contributed by atoms with Crippen molar-refractivity contribution in [3.05, 3.63) is 29.3 Å². The minimum absolute atomic E-state index is 0.0958. The number of rotatable bonds is 3. The van der Waals surface area contributed by atoms with Crippen LogP contribution in [0.2, 0.25) is 0 Å². The Bertz CT molecular complexity index is 870. The Hall–Kier alpha value is -1.86. The van der Waals surface area contributed by atoms with Gasteiger partial charge in [0.25, 0.3) is 5.91 Å². The van der Waals surface area contributed by atoms with Crippen LogP contribution in [0.25, 0.3) is 0 Å². The molecule has 0 aromatic heterocycles. The van der Waals surface area contributed by atoms with Crippen molar-refractivity contribution in [2.75, 3.05) is 13.1 Å². The van der Waals surface area contributed by atoms with Gasteiger partial charge in [0.2, 0.25) is 11.8 Å². The van der Waals surface area contributed by atoms with Crippen LogP contribution in [0.1, 0.15) is 67.3 Å². The van der Waals surface area contributed by atoms with Crippen LogP contribution >= 0.6 is 11.8 Å². The molecule has 1 aromatic carbocycles. The normalized spacial score (nSPS) is 26.7. The van der Waals surface area contributed by atoms with Crippen LogP contribution in [-0.2, 0) is 16.1 Å². The molecule has 1 saturated carbocycles. The van der Waals surface area contributed by atoms with Crippen molar-refractivity contribution in [1.82, 2.24) is 15.5 Å². The predicted molar refractivity (Wildman–Crippen MR) is 115 cm³/mol. The molecule has 160 valence electrons. The van der Waals surface area contributed by atoms with Crippen LogP contribution in [0.4, 0.5) is 0 Å². The van der Waals surface area contributed by atoms with Crippen molar-refractivity contribution in [3.63, 3.8) is 0 Å². The molecule has 1 aromatic rings. The highest BCUT2D eigenvalue weighted by Crippen LogP contribution is 2.47. The van der Waals surface area contributed by atoms with Gasteiger partial charge in [0, 0.05) is 28.7 Å². The summed E-state index contributed by atoms with van der Waals surface area (Å²) in [5.74, 6) is -0.699. The number of imide groups is 1. The largest absolute Gasteiger partial charge is 0.322 e. The number of benzene rings is 1. The highest BCUT2D eigenvalue weighted by Gasteiger charge is 2.39. The predicted octanol–water partition coefficient (Wildman–Crippen LogP) is 2.85. The lowest BCUT2D eigenvalue weighted by Gasteiger charge is -2.43. The Morgan fingerprint density at radius 1 is 1.00 bits per heavy atom. The van der Waals surface area contributed by atoms with E-state index in [1.54, 1.807) is 4.90 Å². The summed E-state index contributed by atoms with van der Waals surface area (Å²) in [5.41, 5.74) is 2.27. The smallest absolute Gasteiger partial charge is 0.255 e. The third kappa shape index (κ3) is 3.78. The van der Waals surface area contributed by atoms with Gasteiger partial charge in [-0.25, -0.2) is 0 Å². The third-order valence-electron chi connectivity index (χ3n) is 7.46. The first-order valence-electron chi connectivity index (χ1n) is 11.2. The number of nitrogens with one attached hydrogen (secondary N) is 2. The lowest BCUT2D eigenvalue weighted by atomic mass is 9.68. The van der Waals surface area contributed by atoms with Crippen LogP contribution < -0.4 is 10.6 Å². The molecule has 2 N–H and O–H groups in total. The molecule has 30 heavy (non-hydrogen) atoms. The molecule has 1 aliphatic carbocycles. The Morgan fingerprint density at radius 2 is 1.77 bits per heavy atom. The van der Waals surface area contributed by atoms with Crippen LogP contribution in [0.15, 0.2) is 23.1 Å². The average Bonchev–Trinajstić information content (AvgIpc) is 3.06. The first-order valence-corrected chi connectivity index (χ1v) is 12.1. The average molecular weight is 428 g/mol. The molecule has 1 unspecified atom stereocenters. The van der Waals surface area contributed by atoms with Crippen molar-refractivity contribution in [2.45, 2.75) is 74.1 Å². The van der Waals surface area contributed by atoms with Gasteiger partial charge in [0.1, 0.15) is 6.04 Å². The molecule has 3 aliphatic heterocycles. The van der Waals surface area contributed by atoms with E-state index in [1.165, 1.54) is 56.5 Å². The molecule has 1 atom stereocenters. The monoisotopic (exact) mass is 427 g/mol. The van der Waals surface area contributed by atoms with E-state index < -0.39 is 6.04 Å². The fourth-order valence-corrected chi connectivity index (χ4v) is 6.81. The number of thioether (sulfide) groups is 1. The zero-order chi connectivity index (χ0) is 20.7. The van der Waals surface area contributed by atoms with E-state index in [1.807, 2.05) is 17.8 Å². The second-order valence-electron chi connectivity index (χ2n) is 9.29. The Kier molecular flexibility index (Phi) is 5.35. The SMILES string of the molecule is O=C1CCC(N2Cc3cc(SC4CCC5(CCNCC5)CC4)ccc3C2=O)C(=O)N1. The molecular weight excluding hydrogens is 398 g/mol. The van der Waals surface area contributed by atoms with Crippen LogP contribution in [-0.4, -0.2) is 47.0 Å². The van der Waals surface area contributed by atoms with Gasteiger partial charge in [-0.1, -0.05) is 0 Å². The lowest BCUT2D eigenvalue weighted by molar-refractivity contribution is -0.136. The molecule has 3 heterocycles. The quantitative estimate of drug-likeness (QED) is 0.726. The van der Waals surface area contributed by atoms with E-state index in [9.17, 15) is 14.4 Å². The third-order valence-corrected chi connectivity index (χ3v) is 8.79. The molecule has 1 spiro atoms. The Labute approximate surface area is 181 Å². The van der Waals surface area contributed by atoms with Gasteiger partial charge in [0.15, 0.2) is 0 Å². The van der Waals surface area contributed by atoms with Crippen LogP contribution in [0.3, 0.4) is 0 Å². The second-order valence-corrected chi connectivity index (χ2v) is 10.7. The van der Waals surface area contributed by atoms with E-state index >= 15 is 0 Å². The summed E-state index contributed by atoms with van der Waals surface area (Å²) in [6, 6.07) is 5.57. The maximum Gasteiger partial charge on any atom is 0.255 e. The summed E-state index contributed by atoms with van der Waals surface area (Å²) in [6.45, 7) is 2.79. The van der Waals surface area contributed by atoms with E-state index in [4.69, 9.17) is 0 Å². The standard InChI is InChI=1S/C23H29N3O3S/c27-20-4-3-19(21(28)25-20)26-14-15-13-17(1-2-18(15)22(26)29)30-16-5-7-23(8-6-16)9-11-24-12-10-23/h1-2,13,16,19,24H,3-12,14H2,(H,25,27,28). The highest BCUT2D eigenvalue weighted by atomic mass is 32.2. The van der Waals surface area contributed by atoms with E-state index in [-0.39, 0.29) is 24.1 Å². The summed E-state index contributed by atoms with van der Waals surface area (Å²) < 4.78 is 0. The van der Waals surface area contributed by atoms with Gasteiger partial charge >= 0.3 is 0 Å². The first-order chi connectivity index (χ1) is 14.5. The first kappa shape index (κ1) is 20.1. The van der Waals surface area contributed by atoms with Gasteiger partial charge in [-0.2, -0.15) is 0 Å². The molecule has 0 bridgehead atoms. The molecule has 4 aliphatic rings. The summed E-state index contributed by atoms with van der Waals surface area (Å²) >= 11 is 1.95. The van der Waals surface area contributed by atoms with Gasteiger partial charge in [-0.15, -0.1) is 11.8 Å². The van der Waals surface area contributed by atoms with E-state index in [2.05, 4.69) is 22.8 Å². The van der Waals surface area contributed by atoms with Gasteiger partial charge in [0.05, 0.1) is 0 Å². The van der Waals surface area contributed by atoms with Crippen molar-refractivity contribution < 1.29 is 14.4 Å². The summed E-state index contributed by atoms with van der Waals surface area (Å²) in [5, 5.41) is 6.50. The molecule has 3 fully saturated rings. The minimum Gasteiger partial charge on any atom is -0.322 e. The minimum atomic E-state index is -0.543. The number of nitrogens with zero attached hydrogens (tertiary/aromatic N) is 1. The van der Waals surface area contributed by atoms with E-state index in [0.717, 1.165) is 5.56 Å². The number of carbonyl (C=O) groups excluding carboxylic acids is 3. The molecule has 6 nitrogen and oxygen atoms in total. The zero-order valence-electron chi connectivity index (χ0n) is 17.2. The molecule has 0 radical (unpaired) electrons. The van der Waals surface area contributed by atoms with Gasteiger partial charge in [-0.05, 0) is 87.2 Å². The summed E-state index contributed by atoms with van der Waals surface area (Å²) in [4.78, 5) is 39.3. The fraction of sp³-hybridized carbons (Fsp3) is 0.609. The van der Waals surface area contributed by atoms with Crippen molar-refractivity contribution >= 4 is 29.5 Å². The second kappa shape index (κ2) is 8.00. The van der Waals surface area contributed by atoms with Crippen LogP contribution in [0.5, 0.6) is 0 Å². The topological polar surface area (TPSA) is 78.5 Å². The molecule has 7 heteroatoms. The number of hydrogen-bond donors (Lipinski definition) is 2. The van der Waals surface area contributed by atoms with E-state index in [0.29, 0.717) is 29.2 Å². The Balaban J connectivity index is 1.23. The van der Waals surface area contributed by atoms with Crippen molar-refractivity contribution in [1.29, 1.82) is 0 Å². The molecule has 3 amide bonds. The number of fused-ring (bicyclic) bond motifs is 1. The maximum absolute atomic E-state index is 12.8. The highest BCUT2D eigenvalue weighted by molar-refractivity contribution is 8.00. The van der Waals surface area contributed by atoms with Gasteiger partial charge < -0.3 is 10.2 Å². The fourth-order valence-electron chi connectivity index (χ4n) is 5.60. The van der Waals surface area contributed by atoms with Gasteiger partial charge in [-0.3, -0.25) is 19.7 Å². The summed E-state index contributed by atoms with van der Waals surface area (Å²) in [6.07, 6.45) is 8.54. The molecular formula is C23H29N3O3S. The Morgan fingerprint density at radius 3 is 2.50 bits per heavy atom. The number of piperidine rings is 2. The maximum atomic E-state index is 12.8. The van der Waals surface area contributed by atoms with Crippen molar-refractivity contribution in [3.8, 4) is 0 Å². The molecule has 5 rings (SSSR count).